The molecule has 0 radical (unpaired) electrons. The summed E-state index contributed by atoms with van der Waals surface area (Å²) in [6.45, 7) is 6.03. The van der Waals surface area contributed by atoms with Crippen LogP contribution in [0.1, 0.15) is 31.7 Å². The standard InChI is InChI=1S/C16H24N2/c1-16(8-5-9-16)18-11-10-17-15(13-18)12-14-6-3-2-4-7-14/h2-4,6-7,15,17H,5,8-13H2,1H3. The summed E-state index contributed by atoms with van der Waals surface area (Å²) in [5.74, 6) is 0. The Morgan fingerprint density at radius 2 is 2.06 bits per heavy atom. The Kier molecular flexibility index (Phi) is 3.40. The van der Waals surface area contributed by atoms with Crippen LogP contribution in [-0.2, 0) is 6.42 Å². The Labute approximate surface area is 110 Å². The first kappa shape index (κ1) is 12.2. The van der Waals surface area contributed by atoms with E-state index in [-0.39, 0.29) is 0 Å². The summed E-state index contributed by atoms with van der Waals surface area (Å²) in [7, 11) is 0. The maximum Gasteiger partial charge on any atom is 0.0236 e. The van der Waals surface area contributed by atoms with E-state index in [1.54, 1.807) is 0 Å². The third-order valence-corrected chi connectivity index (χ3v) is 4.77. The highest BCUT2D eigenvalue weighted by molar-refractivity contribution is 5.16. The first-order chi connectivity index (χ1) is 8.76. The third-order valence-electron chi connectivity index (χ3n) is 4.77. The van der Waals surface area contributed by atoms with Crippen molar-refractivity contribution in [3.8, 4) is 0 Å². The van der Waals surface area contributed by atoms with E-state index < -0.39 is 0 Å². The largest absolute Gasteiger partial charge is 0.311 e. The molecule has 1 saturated heterocycles. The first-order valence-electron chi connectivity index (χ1n) is 7.29. The maximum atomic E-state index is 3.68. The van der Waals surface area contributed by atoms with Crippen molar-refractivity contribution in [3.05, 3.63) is 35.9 Å². The highest BCUT2D eigenvalue weighted by atomic mass is 15.3. The summed E-state index contributed by atoms with van der Waals surface area (Å²) in [5, 5.41) is 3.68. The monoisotopic (exact) mass is 244 g/mol. The molecule has 0 amide bonds. The van der Waals surface area contributed by atoms with E-state index in [1.807, 2.05) is 0 Å². The Hall–Kier alpha value is -0.860. The minimum Gasteiger partial charge on any atom is -0.311 e. The molecule has 2 fully saturated rings. The third kappa shape index (κ3) is 2.45. The minimum atomic E-state index is 0.511. The lowest BCUT2D eigenvalue weighted by Crippen LogP contribution is -2.61. The van der Waals surface area contributed by atoms with Crippen molar-refractivity contribution in [3.63, 3.8) is 0 Å². The molecule has 1 aromatic carbocycles. The van der Waals surface area contributed by atoms with Gasteiger partial charge in [0.2, 0.25) is 0 Å². The van der Waals surface area contributed by atoms with Crippen LogP contribution in [0.25, 0.3) is 0 Å². The number of nitrogens with one attached hydrogen (secondary N) is 1. The molecule has 1 aromatic rings. The predicted octanol–water partition coefficient (Wildman–Crippen LogP) is 2.45. The normalized spacial score (nSPS) is 27.7. The molecule has 1 unspecified atom stereocenters. The van der Waals surface area contributed by atoms with Gasteiger partial charge in [0.25, 0.3) is 0 Å². The van der Waals surface area contributed by atoms with E-state index >= 15 is 0 Å². The van der Waals surface area contributed by atoms with E-state index in [2.05, 4.69) is 47.5 Å². The molecule has 0 spiro atoms. The van der Waals surface area contributed by atoms with Crippen LogP contribution in [-0.4, -0.2) is 36.1 Å². The second-order valence-electron chi connectivity index (χ2n) is 6.14. The van der Waals surface area contributed by atoms with Gasteiger partial charge < -0.3 is 5.32 Å². The molecule has 3 rings (SSSR count). The van der Waals surface area contributed by atoms with Gasteiger partial charge in [-0.15, -0.1) is 0 Å². The van der Waals surface area contributed by atoms with Crippen molar-refractivity contribution < 1.29 is 0 Å². The molecule has 0 bridgehead atoms. The van der Waals surface area contributed by atoms with Crippen molar-refractivity contribution in [1.82, 2.24) is 10.2 Å². The van der Waals surface area contributed by atoms with Crippen molar-refractivity contribution in [2.24, 2.45) is 0 Å². The topological polar surface area (TPSA) is 15.3 Å². The zero-order valence-electron chi connectivity index (χ0n) is 11.4. The van der Waals surface area contributed by atoms with Crippen LogP contribution in [0.15, 0.2) is 30.3 Å². The molecule has 1 N–H and O–H groups in total. The Morgan fingerprint density at radius 1 is 1.28 bits per heavy atom. The minimum absolute atomic E-state index is 0.511. The van der Waals surface area contributed by atoms with Gasteiger partial charge in [0.15, 0.2) is 0 Å². The van der Waals surface area contributed by atoms with Gasteiger partial charge >= 0.3 is 0 Å². The zero-order chi connectivity index (χ0) is 12.4. The molecule has 0 aromatic heterocycles. The fourth-order valence-corrected chi connectivity index (χ4v) is 3.36. The molecule has 2 heteroatoms. The Bertz CT molecular complexity index is 383. The van der Waals surface area contributed by atoms with Crippen LogP contribution in [0.2, 0.25) is 0 Å². The van der Waals surface area contributed by atoms with Gasteiger partial charge in [-0.3, -0.25) is 4.90 Å². The van der Waals surface area contributed by atoms with E-state index in [9.17, 15) is 0 Å². The lowest BCUT2D eigenvalue weighted by molar-refractivity contribution is 0.0101. The van der Waals surface area contributed by atoms with Crippen LogP contribution in [0.5, 0.6) is 0 Å². The summed E-state index contributed by atoms with van der Waals surface area (Å²) < 4.78 is 0. The highest BCUT2D eigenvalue weighted by Crippen LogP contribution is 2.37. The SMILES string of the molecule is CC1(N2CCNC(Cc3ccccc3)C2)CCC1. The highest BCUT2D eigenvalue weighted by Gasteiger charge is 2.39. The molecular weight excluding hydrogens is 220 g/mol. The van der Waals surface area contributed by atoms with Gasteiger partial charge in [0.05, 0.1) is 0 Å². The molecule has 18 heavy (non-hydrogen) atoms. The average molecular weight is 244 g/mol. The van der Waals surface area contributed by atoms with Crippen molar-refractivity contribution in [1.29, 1.82) is 0 Å². The second-order valence-corrected chi connectivity index (χ2v) is 6.14. The molecule has 1 aliphatic carbocycles. The number of hydrogen-bond donors (Lipinski definition) is 1. The van der Waals surface area contributed by atoms with Gasteiger partial charge in [-0.05, 0) is 38.2 Å². The molecule has 1 saturated carbocycles. The van der Waals surface area contributed by atoms with Gasteiger partial charge in [-0.1, -0.05) is 30.3 Å². The number of benzene rings is 1. The van der Waals surface area contributed by atoms with Crippen LogP contribution in [0.4, 0.5) is 0 Å². The molecule has 1 aliphatic heterocycles. The molecule has 1 heterocycles. The fraction of sp³-hybridized carbons (Fsp3) is 0.625. The van der Waals surface area contributed by atoms with Crippen molar-refractivity contribution >= 4 is 0 Å². The van der Waals surface area contributed by atoms with Crippen LogP contribution < -0.4 is 5.32 Å². The smallest absolute Gasteiger partial charge is 0.0236 e. The lowest BCUT2D eigenvalue weighted by atomic mass is 9.76. The Balaban J connectivity index is 1.60. The van der Waals surface area contributed by atoms with Gasteiger partial charge in [0.1, 0.15) is 0 Å². The molecular formula is C16H24N2. The van der Waals surface area contributed by atoms with E-state index in [1.165, 1.54) is 37.9 Å². The quantitative estimate of drug-likeness (QED) is 0.878. The lowest BCUT2D eigenvalue weighted by Gasteiger charge is -2.51. The Morgan fingerprint density at radius 3 is 2.72 bits per heavy atom. The molecule has 1 atom stereocenters. The maximum absolute atomic E-state index is 3.68. The average Bonchev–Trinajstić information content (AvgIpc) is 2.37. The fourth-order valence-electron chi connectivity index (χ4n) is 3.36. The summed E-state index contributed by atoms with van der Waals surface area (Å²) in [4.78, 5) is 2.72. The number of hydrogen-bond acceptors (Lipinski definition) is 2. The van der Waals surface area contributed by atoms with Crippen molar-refractivity contribution in [2.45, 2.75) is 44.2 Å². The van der Waals surface area contributed by atoms with Crippen LogP contribution in [0, 0.1) is 0 Å². The van der Waals surface area contributed by atoms with Gasteiger partial charge in [0, 0.05) is 31.2 Å². The van der Waals surface area contributed by atoms with E-state index in [0.717, 1.165) is 13.0 Å². The molecule has 2 aliphatic rings. The second kappa shape index (κ2) is 5.02. The van der Waals surface area contributed by atoms with Crippen molar-refractivity contribution in [2.75, 3.05) is 19.6 Å². The summed E-state index contributed by atoms with van der Waals surface area (Å²) in [5.41, 5.74) is 1.97. The van der Waals surface area contributed by atoms with Gasteiger partial charge in [-0.25, -0.2) is 0 Å². The predicted molar refractivity (Wildman–Crippen MR) is 75.8 cm³/mol. The summed E-state index contributed by atoms with van der Waals surface area (Å²) in [6.07, 6.45) is 5.37. The van der Waals surface area contributed by atoms with Crippen LogP contribution in [0.3, 0.4) is 0 Å². The summed E-state index contributed by atoms with van der Waals surface area (Å²) in [6, 6.07) is 11.5. The molecule has 2 nitrogen and oxygen atoms in total. The number of nitrogens with zero attached hydrogens (tertiary/aromatic N) is 1. The van der Waals surface area contributed by atoms with E-state index in [4.69, 9.17) is 0 Å². The number of rotatable bonds is 3. The molecule has 98 valence electrons. The van der Waals surface area contributed by atoms with Gasteiger partial charge in [-0.2, -0.15) is 0 Å². The first-order valence-corrected chi connectivity index (χ1v) is 7.29. The zero-order valence-corrected chi connectivity index (χ0v) is 11.4. The van der Waals surface area contributed by atoms with E-state index in [0.29, 0.717) is 11.6 Å². The van der Waals surface area contributed by atoms with Crippen LogP contribution >= 0.6 is 0 Å². The summed E-state index contributed by atoms with van der Waals surface area (Å²) >= 11 is 0. The number of piperazine rings is 1.